The number of nitrogen functional groups attached to an aromatic ring is 1. The van der Waals surface area contributed by atoms with E-state index < -0.39 is 0 Å². The number of rotatable bonds is 3. The lowest BCUT2D eigenvalue weighted by atomic mass is 9.98. The van der Waals surface area contributed by atoms with Gasteiger partial charge in [0.15, 0.2) is 0 Å². The summed E-state index contributed by atoms with van der Waals surface area (Å²) in [6, 6.07) is 5.55. The van der Waals surface area contributed by atoms with Gasteiger partial charge in [-0.15, -0.1) is 0 Å². The highest BCUT2D eigenvalue weighted by atomic mass is 16.5. The van der Waals surface area contributed by atoms with Crippen molar-refractivity contribution >= 4 is 11.6 Å². The molecule has 0 saturated carbocycles. The van der Waals surface area contributed by atoms with Gasteiger partial charge in [-0.3, -0.25) is 4.79 Å². The van der Waals surface area contributed by atoms with E-state index in [-0.39, 0.29) is 5.91 Å². The first-order valence-corrected chi connectivity index (χ1v) is 5.39. The Kier molecular flexibility index (Phi) is 3.10. The van der Waals surface area contributed by atoms with Crippen molar-refractivity contribution in [1.29, 1.82) is 0 Å². The summed E-state index contributed by atoms with van der Waals surface area (Å²) in [7, 11) is 1.64. The molecule has 0 unspecified atom stereocenters. The highest BCUT2D eigenvalue weighted by Crippen LogP contribution is 2.21. The quantitative estimate of drug-likeness (QED) is 0.770. The summed E-state index contributed by atoms with van der Waals surface area (Å²) in [5, 5.41) is 0. The fourth-order valence-corrected chi connectivity index (χ4v) is 1.95. The molecule has 1 aromatic rings. The van der Waals surface area contributed by atoms with Crippen LogP contribution in [0.4, 0.5) is 5.69 Å². The molecule has 0 bridgehead atoms. The number of carbonyl (C=O) groups excluding carboxylic acids is 1. The predicted molar refractivity (Wildman–Crippen MR) is 62.3 cm³/mol. The molecule has 1 heterocycles. The van der Waals surface area contributed by atoms with E-state index in [1.807, 2.05) is 17.0 Å². The lowest BCUT2D eigenvalue weighted by Crippen LogP contribution is -2.39. The minimum atomic E-state index is 0.0607. The van der Waals surface area contributed by atoms with Gasteiger partial charge in [0, 0.05) is 31.5 Å². The van der Waals surface area contributed by atoms with Crippen LogP contribution in [0.3, 0.4) is 0 Å². The molecule has 16 heavy (non-hydrogen) atoms. The average Bonchev–Trinajstić information content (AvgIpc) is 2.29. The molecule has 2 rings (SSSR count). The number of nitrogens with zero attached hydrogens (tertiary/aromatic N) is 1. The minimum absolute atomic E-state index is 0.0607. The van der Waals surface area contributed by atoms with E-state index in [1.165, 1.54) is 0 Å². The molecule has 1 aromatic carbocycles. The van der Waals surface area contributed by atoms with Gasteiger partial charge in [-0.25, -0.2) is 0 Å². The maximum Gasteiger partial charge on any atom is 0.254 e. The van der Waals surface area contributed by atoms with E-state index in [4.69, 9.17) is 10.5 Å². The SMILES string of the molecule is COCCN1CCc2ccc(N)cc2C1=O. The van der Waals surface area contributed by atoms with Gasteiger partial charge < -0.3 is 15.4 Å². The van der Waals surface area contributed by atoms with Crippen LogP contribution in [0.15, 0.2) is 18.2 Å². The van der Waals surface area contributed by atoms with Crippen molar-refractivity contribution in [2.45, 2.75) is 6.42 Å². The molecule has 0 saturated heterocycles. The van der Waals surface area contributed by atoms with Crippen LogP contribution in [0.2, 0.25) is 0 Å². The number of hydrogen-bond acceptors (Lipinski definition) is 3. The second-order valence-electron chi connectivity index (χ2n) is 3.95. The Morgan fingerprint density at radius 2 is 2.31 bits per heavy atom. The standard InChI is InChI=1S/C12H16N2O2/c1-16-7-6-14-5-4-9-2-3-10(13)8-11(9)12(14)15/h2-3,8H,4-7,13H2,1H3. The third kappa shape index (κ3) is 2.02. The van der Waals surface area contributed by atoms with E-state index in [2.05, 4.69) is 0 Å². The molecule has 2 N–H and O–H groups in total. The molecule has 0 radical (unpaired) electrons. The molecule has 0 atom stereocenters. The fourth-order valence-electron chi connectivity index (χ4n) is 1.95. The first kappa shape index (κ1) is 11.0. The number of amides is 1. The molecule has 4 heteroatoms. The van der Waals surface area contributed by atoms with Crippen molar-refractivity contribution in [2.24, 2.45) is 0 Å². The summed E-state index contributed by atoms with van der Waals surface area (Å²) in [4.78, 5) is 13.9. The lowest BCUT2D eigenvalue weighted by molar-refractivity contribution is 0.0679. The number of benzene rings is 1. The summed E-state index contributed by atoms with van der Waals surface area (Å²) in [5.41, 5.74) is 8.16. The number of methoxy groups -OCH3 is 1. The van der Waals surface area contributed by atoms with Crippen molar-refractivity contribution < 1.29 is 9.53 Å². The lowest BCUT2D eigenvalue weighted by Gasteiger charge is -2.28. The number of carbonyl (C=O) groups is 1. The molecular weight excluding hydrogens is 204 g/mol. The molecule has 86 valence electrons. The van der Waals surface area contributed by atoms with E-state index >= 15 is 0 Å². The maximum absolute atomic E-state index is 12.1. The van der Waals surface area contributed by atoms with Crippen LogP contribution < -0.4 is 5.73 Å². The Bertz CT molecular complexity index is 404. The first-order chi connectivity index (χ1) is 7.72. The highest BCUT2D eigenvalue weighted by molar-refractivity contribution is 5.97. The summed E-state index contributed by atoms with van der Waals surface area (Å²) in [6.07, 6.45) is 0.894. The van der Waals surface area contributed by atoms with Crippen LogP contribution >= 0.6 is 0 Å². The van der Waals surface area contributed by atoms with Crippen molar-refractivity contribution in [3.05, 3.63) is 29.3 Å². The summed E-state index contributed by atoms with van der Waals surface area (Å²) >= 11 is 0. The zero-order valence-corrected chi connectivity index (χ0v) is 9.40. The van der Waals surface area contributed by atoms with Crippen LogP contribution in [0, 0.1) is 0 Å². The molecule has 0 spiro atoms. The Hall–Kier alpha value is -1.55. The number of nitrogens with two attached hydrogens (primary N) is 1. The normalized spacial score (nSPS) is 15.1. The minimum Gasteiger partial charge on any atom is -0.399 e. The number of hydrogen-bond donors (Lipinski definition) is 1. The molecule has 0 aliphatic carbocycles. The Balaban J connectivity index is 2.20. The van der Waals surface area contributed by atoms with Crippen LogP contribution in [0.1, 0.15) is 15.9 Å². The topological polar surface area (TPSA) is 55.6 Å². The zero-order chi connectivity index (χ0) is 11.5. The first-order valence-electron chi connectivity index (χ1n) is 5.39. The van der Waals surface area contributed by atoms with E-state index in [0.29, 0.717) is 18.8 Å². The average molecular weight is 220 g/mol. The van der Waals surface area contributed by atoms with Gasteiger partial charge in [-0.05, 0) is 24.1 Å². The smallest absolute Gasteiger partial charge is 0.254 e. The third-order valence-electron chi connectivity index (χ3n) is 2.87. The van der Waals surface area contributed by atoms with Gasteiger partial charge in [0.05, 0.1) is 6.61 Å². The van der Waals surface area contributed by atoms with Crippen molar-refractivity contribution in [1.82, 2.24) is 4.90 Å². The Morgan fingerprint density at radius 1 is 1.50 bits per heavy atom. The molecule has 1 aliphatic rings. The van der Waals surface area contributed by atoms with E-state index in [0.717, 1.165) is 24.1 Å². The van der Waals surface area contributed by atoms with Crippen molar-refractivity contribution in [3.63, 3.8) is 0 Å². The Morgan fingerprint density at radius 3 is 3.06 bits per heavy atom. The number of ether oxygens (including phenoxy) is 1. The van der Waals surface area contributed by atoms with Gasteiger partial charge in [-0.2, -0.15) is 0 Å². The van der Waals surface area contributed by atoms with Crippen molar-refractivity contribution in [3.8, 4) is 0 Å². The molecule has 4 nitrogen and oxygen atoms in total. The monoisotopic (exact) mass is 220 g/mol. The van der Waals surface area contributed by atoms with Gasteiger partial charge in [0.25, 0.3) is 5.91 Å². The molecule has 0 aromatic heterocycles. The molecular formula is C12H16N2O2. The second-order valence-corrected chi connectivity index (χ2v) is 3.95. The van der Waals surface area contributed by atoms with Crippen molar-refractivity contribution in [2.75, 3.05) is 32.5 Å². The second kappa shape index (κ2) is 4.53. The Labute approximate surface area is 95.0 Å². The number of anilines is 1. The zero-order valence-electron chi connectivity index (χ0n) is 9.40. The van der Waals surface area contributed by atoms with Crippen LogP contribution in [0.25, 0.3) is 0 Å². The van der Waals surface area contributed by atoms with Crippen LogP contribution in [-0.4, -0.2) is 37.6 Å². The van der Waals surface area contributed by atoms with Gasteiger partial charge in [-0.1, -0.05) is 6.07 Å². The van der Waals surface area contributed by atoms with E-state index in [1.54, 1.807) is 13.2 Å². The third-order valence-corrected chi connectivity index (χ3v) is 2.87. The highest BCUT2D eigenvalue weighted by Gasteiger charge is 2.23. The van der Waals surface area contributed by atoms with Gasteiger partial charge in [0.1, 0.15) is 0 Å². The molecule has 1 amide bonds. The summed E-state index contributed by atoms with van der Waals surface area (Å²) in [6.45, 7) is 1.98. The number of fused-ring (bicyclic) bond motifs is 1. The molecule has 1 aliphatic heterocycles. The van der Waals surface area contributed by atoms with Gasteiger partial charge >= 0.3 is 0 Å². The van der Waals surface area contributed by atoms with E-state index in [9.17, 15) is 4.79 Å². The molecule has 0 fully saturated rings. The van der Waals surface area contributed by atoms with Crippen LogP contribution in [0.5, 0.6) is 0 Å². The van der Waals surface area contributed by atoms with Crippen LogP contribution in [-0.2, 0) is 11.2 Å². The summed E-state index contributed by atoms with van der Waals surface area (Å²) in [5.74, 6) is 0.0607. The summed E-state index contributed by atoms with van der Waals surface area (Å²) < 4.78 is 4.99. The maximum atomic E-state index is 12.1. The van der Waals surface area contributed by atoms with Gasteiger partial charge in [0.2, 0.25) is 0 Å². The predicted octanol–water partition coefficient (Wildman–Crippen LogP) is 0.913. The largest absolute Gasteiger partial charge is 0.399 e. The fraction of sp³-hybridized carbons (Fsp3) is 0.417.